The number of furan rings is 1. The summed E-state index contributed by atoms with van der Waals surface area (Å²) < 4.78 is 21.7. The molecule has 9 heteroatoms. The molecule has 1 atom stereocenters. The summed E-state index contributed by atoms with van der Waals surface area (Å²) >= 11 is 0. The number of hydrogen-bond donors (Lipinski definition) is 1. The first-order valence-electron chi connectivity index (χ1n) is 10.0. The average molecular weight is 450 g/mol. The number of ketones is 1. The molecular weight excluding hydrogens is 428 g/mol. The molecule has 170 valence electrons. The molecule has 3 aromatic rings. The predicted molar refractivity (Wildman–Crippen MR) is 117 cm³/mol. The lowest BCUT2D eigenvalue weighted by molar-refractivity contribution is -0.140. The van der Waals surface area contributed by atoms with Crippen molar-refractivity contribution in [2.75, 3.05) is 21.3 Å². The number of aliphatic hydroxyl groups is 1. The minimum Gasteiger partial charge on any atom is -0.507 e. The molecule has 0 radical (unpaired) electrons. The maximum absolute atomic E-state index is 13.1. The van der Waals surface area contributed by atoms with Crippen molar-refractivity contribution in [3.63, 3.8) is 0 Å². The Labute approximate surface area is 189 Å². The van der Waals surface area contributed by atoms with Crippen LogP contribution in [-0.2, 0) is 16.1 Å². The van der Waals surface area contributed by atoms with Gasteiger partial charge >= 0.3 is 0 Å². The highest BCUT2D eigenvalue weighted by atomic mass is 16.5. The van der Waals surface area contributed by atoms with Crippen molar-refractivity contribution in [2.24, 2.45) is 0 Å². The quantitative estimate of drug-likeness (QED) is 0.332. The SMILES string of the molecule is COc1cc(C2/C(=C(\O)c3ccncc3)C(=O)C(=O)N2Cc2ccco2)cc(OC)c1OC. The van der Waals surface area contributed by atoms with Crippen molar-refractivity contribution in [3.05, 3.63) is 77.5 Å². The molecular formula is C24H22N2O7. The number of methoxy groups -OCH3 is 3. The number of rotatable bonds is 7. The van der Waals surface area contributed by atoms with Crippen LogP contribution in [0.2, 0.25) is 0 Å². The molecule has 2 aromatic heterocycles. The van der Waals surface area contributed by atoms with Crippen LogP contribution < -0.4 is 14.2 Å². The zero-order valence-electron chi connectivity index (χ0n) is 18.3. The van der Waals surface area contributed by atoms with Gasteiger partial charge in [0.15, 0.2) is 11.5 Å². The van der Waals surface area contributed by atoms with E-state index in [-0.39, 0.29) is 17.9 Å². The van der Waals surface area contributed by atoms with Gasteiger partial charge in [-0.2, -0.15) is 0 Å². The lowest BCUT2D eigenvalue weighted by atomic mass is 9.95. The van der Waals surface area contributed by atoms with Crippen LogP contribution in [-0.4, -0.2) is 48.0 Å². The Hall–Kier alpha value is -4.27. The fourth-order valence-corrected chi connectivity index (χ4v) is 3.88. The maximum atomic E-state index is 13.1. The summed E-state index contributed by atoms with van der Waals surface area (Å²) in [6.07, 6.45) is 4.46. The molecule has 4 rings (SSSR count). The van der Waals surface area contributed by atoms with E-state index in [0.29, 0.717) is 34.1 Å². The van der Waals surface area contributed by atoms with E-state index in [9.17, 15) is 14.7 Å². The van der Waals surface area contributed by atoms with E-state index in [1.807, 2.05) is 0 Å². The Morgan fingerprint density at radius 1 is 1.06 bits per heavy atom. The predicted octanol–water partition coefficient (Wildman–Crippen LogP) is 3.32. The summed E-state index contributed by atoms with van der Waals surface area (Å²) in [5.41, 5.74) is 0.788. The van der Waals surface area contributed by atoms with Crippen molar-refractivity contribution in [3.8, 4) is 17.2 Å². The normalized spacial score (nSPS) is 17.3. The van der Waals surface area contributed by atoms with Crippen molar-refractivity contribution >= 4 is 17.4 Å². The van der Waals surface area contributed by atoms with Crippen LogP contribution in [0.25, 0.3) is 5.76 Å². The molecule has 0 saturated carbocycles. The first kappa shape index (κ1) is 21.9. The highest BCUT2D eigenvalue weighted by molar-refractivity contribution is 6.46. The molecule has 1 aliphatic rings. The fraction of sp³-hybridized carbons (Fsp3) is 0.208. The Morgan fingerprint density at radius 3 is 2.27 bits per heavy atom. The minimum atomic E-state index is -0.933. The van der Waals surface area contributed by atoms with E-state index in [0.717, 1.165) is 0 Å². The maximum Gasteiger partial charge on any atom is 0.296 e. The highest BCUT2D eigenvalue weighted by Crippen LogP contribution is 2.46. The van der Waals surface area contributed by atoms with E-state index >= 15 is 0 Å². The van der Waals surface area contributed by atoms with Crippen LogP contribution in [0.5, 0.6) is 17.2 Å². The summed E-state index contributed by atoms with van der Waals surface area (Å²) in [7, 11) is 4.42. The molecule has 1 amide bonds. The number of likely N-dealkylation sites (tertiary alicyclic amines) is 1. The second-order valence-electron chi connectivity index (χ2n) is 7.20. The Bertz CT molecular complexity index is 1180. The second-order valence-corrected chi connectivity index (χ2v) is 7.20. The van der Waals surface area contributed by atoms with Crippen molar-refractivity contribution in [2.45, 2.75) is 12.6 Å². The van der Waals surface area contributed by atoms with Gasteiger partial charge in [-0.05, 0) is 42.0 Å². The zero-order valence-corrected chi connectivity index (χ0v) is 18.3. The van der Waals surface area contributed by atoms with Gasteiger partial charge in [-0.25, -0.2) is 0 Å². The smallest absolute Gasteiger partial charge is 0.296 e. The lowest BCUT2D eigenvalue weighted by Gasteiger charge is -2.26. The van der Waals surface area contributed by atoms with Crippen molar-refractivity contribution in [1.29, 1.82) is 0 Å². The van der Waals surface area contributed by atoms with Crippen LogP contribution in [0.15, 0.2) is 65.0 Å². The Morgan fingerprint density at radius 2 is 1.73 bits per heavy atom. The van der Waals surface area contributed by atoms with Crippen molar-refractivity contribution < 1.29 is 33.3 Å². The largest absolute Gasteiger partial charge is 0.507 e. The monoisotopic (exact) mass is 450 g/mol. The topological polar surface area (TPSA) is 111 Å². The molecule has 1 unspecified atom stereocenters. The Balaban J connectivity index is 1.94. The summed E-state index contributed by atoms with van der Waals surface area (Å²) in [5, 5.41) is 11.1. The number of pyridine rings is 1. The molecule has 3 heterocycles. The molecule has 1 fully saturated rings. The number of Topliss-reactive ketones (excluding diaryl/α,β-unsaturated/α-hetero) is 1. The van der Waals surface area contributed by atoms with Gasteiger partial charge < -0.3 is 28.6 Å². The van der Waals surface area contributed by atoms with Crippen LogP contribution in [0.3, 0.4) is 0 Å². The number of benzene rings is 1. The van der Waals surface area contributed by atoms with E-state index in [2.05, 4.69) is 4.98 Å². The summed E-state index contributed by atoms with van der Waals surface area (Å²) in [5.74, 6) is -0.343. The first-order valence-corrected chi connectivity index (χ1v) is 10.0. The van der Waals surface area contributed by atoms with Crippen molar-refractivity contribution in [1.82, 2.24) is 9.88 Å². The molecule has 1 aliphatic heterocycles. The van der Waals surface area contributed by atoms with Gasteiger partial charge in [-0.1, -0.05) is 0 Å². The van der Waals surface area contributed by atoms with E-state index in [4.69, 9.17) is 18.6 Å². The lowest BCUT2D eigenvalue weighted by Crippen LogP contribution is -2.29. The van der Waals surface area contributed by atoms with Gasteiger partial charge in [-0.15, -0.1) is 0 Å². The standard InChI is InChI=1S/C24H22N2O7/c1-30-17-11-15(12-18(31-2)23(17)32-3)20-19(21(27)14-6-8-25-9-7-14)22(28)24(29)26(20)13-16-5-4-10-33-16/h4-12,20,27H,13H2,1-3H3/b21-19+. The number of hydrogen-bond acceptors (Lipinski definition) is 8. The second kappa shape index (κ2) is 9.07. The minimum absolute atomic E-state index is 0.0199. The van der Waals surface area contributed by atoms with E-state index in [1.165, 1.54) is 44.9 Å². The molecule has 0 spiro atoms. The molecule has 1 N–H and O–H groups in total. The van der Waals surface area contributed by atoms with Crippen LogP contribution >= 0.6 is 0 Å². The first-order chi connectivity index (χ1) is 16.0. The van der Waals surface area contributed by atoms with E-state index in [1.54, 1.807) is 36.4 Å². The number of aliphatic hydroxyl groups excluding tert-OH is 1. The van der Waals surface area contributed by atoms with Gasteiger partial charge in [0.05, 0.1) is 45.8 Å². The number of ether oxygens (including phenoxy) is 3. The van der Waals surface area contributed by atoms with Crippen LogP contribution in [0.4, 0.5) is 0 Å². The zero-order chi connectivity index (χ0) is 23.5. The molecule has 0 bridgehead atoms. The Kier molecular flexibility index (Phi) is 6.03. The summed E-state index contributed by atoms with van der Waals surface area (Å²) in [4.78, 5) is 31.5. The molecule has 0 aliphatic carbocycles. The van der Waals surface area contributed by atoms with Crippen LogP contribution in [0.1, 0.15) is 22.9 Å². The number of carbonyl (C=O) groups excluding carboxylic acids is 2. The molecule has 33 heavy (non-hydrogen) atoms. The van der Waals surface area contributed by atoms with Crippen LogP contribution in [0, 0.1) is 0 Å². The third-order valence-corrected chi connectivity index (χ3v) is 5.40. The fourth-order valence-electron chi connectivity index (χ4n) is 3.88. The molecule has 1 aromatic carbocycles. The highest BCUT2D eigenvalue weighted by Gasteiger charge is 2.47. The van der Waals surface area contributed by atoms with Gasteiger partial charge in [0, 0.05) is 18.0 Å². The summed E-state index contributed by atoms with van der Waals surface area (Å²) in [6.45, 7) is 0.0199. The average Bonchev–Trinajstić information content (AvgIpc) is 3.45. The molecule has 9 nitrogen and oxygen atoms in total. The third-order valence-electron chi connectivity index (χ3n) is 5.40. The van der Waals surface area contributed by atoms with Gasteiger partial charge in [0.2, 0.25) is 5.75 Å². The van der Waals surface area contributed by atoms with Gasteiger partial charge in [0.25, 0.3) is 11.7 Å². The van der Waals surface area contributed by atoms with Gasteiger partial charge in [0.1, 0.15) is 11.5 Å². The van der Waals surface area contributed by atoms with Gasteiger partial charge in [-0.3, -0.25) is 14.6 Å². The number of aromatic nitrogens is 1. The number of amides is 1. The third kappa shape index (κ3) is 3.89. The van der Waals surface area contributed by atoms with E-state index < -0.39 is 17.7 Å². The summed E-state index contributed by atoms with van der Waals surface area (Å²) in [6, 6.07) is 8.87. The number of nitrogens with zero attached hydrogens (tertiary/aromatic N) is 2. The number of carbonyl (C=O) groups is 2. The molecule has 1 saturated heterocycles.